The number of hydrogen-bond acceptors (Lipinski definition) is 5. The fourth-order valence-corrected chi connectivity index (χ4v) is 2.96. The number of benzene rings is 3. The second-order valence-corrected chi connectivity index (χ2v) is 7.13. The number of carbonyl (C=O) groups excluding carboxylic acids is 2. The lowest BCUT2D eigenvalue weighted by atomic mass is 10.2. The van der Waals surface area contributed by atoms with Crippen molar-refractivity contribution in [3.63, 3.8) is 0 Å². The molecule has 3 aromatic carbocycles. The molecule has 0 fully saturated rings. The van der Waals surface area contributed by atoms with Gasteiger partial charge in [-0.05, 0) is 77.2 Å². The smallest absolute Gasteiger partial charge is 0.338 e. The molecule has 3 rings (SSSR count). The van der Waals surface area contributed by atoms with Gasteiger partial charge in [-0.3, -0.25) is 4.79 Å². The van der Waals surface area contributed by atoms with Crippen molar-refractivity contribution in [1.29, 1.82) is 0 Å². The third kappa shape index (κ3) is 5.37. The van der Waals surface area contributed by atoms with E-state index in [4.69, 9.17) is 16.4 Å². The summed E-state index contributed by atoms with van der Waals surface area (Å²) in [5.74, 6) is -0.975. The molecule has 0 atom stereocenters. The summed E-state index contributed by atoms with van der Waals surface area (Å²) in [4.78, 5) is 29.1. The molecule has 8 heteroatoms. The first kappa shape index (κ1) is 20.0. The number of carbonyl (C=O) groups is 2. The third-order valence-corrected chi connectivity index (χ3v) is 4.73. The molecule has 1 N–H and O–H groups in total. The Balaban J connectivity index is 1.58. The van der Waals surface area contributed by atoms with Crippen molar-refractivity contribution in [1.82, 2.24) is 0 Å². The summed E-state index contributed by atoms with van der Waals surface area (Å²) < 4.78 is 0.798. The Hall–Kier alpha value is -2.78. The number of azo groups is 1. The van der Waals surface area contributed by atoms with E-state index < -0.39 is 11.9 Å². The number of anilines is 1. The topological polar surface area (TPSA) is 80.1 Å². The zero-order chi connectivity index (χ0) is 19.9. The first-order valence-corrected chi connectivity index (χ1v) is 9.52. The fraction of sp³-hybridized carbons (Fsp3) is 0. The Morgan fingerprint density at radius 1 is 0.964 bits per heavy atom. The van der Waals surface area contributed by atoms with E-state index in [1.807, 2.05) is 12.1 Å². The van der Waals surface area contributed by atoms with Gasteiger partial charge in [0.2, 0.25) is 0 Å². The zero-order valence-electron chi connectivity index (χ0n) is 14.3. The summed E-state index contributed by atoms with van der Waals surface area (Å²) in [6.45, 7) is 0. The van der Waals surface area contributed by atoms with Crippen LogP contribution in [0.25, 0.3) is 0 Å². The molecular weight excluding hydrogens is 493 g/mol. The van der Waals surface area contributed by atoms with Crippen LogP contribution >= 0.6 is 34.2 Å². The third-order valence-electron chi connectivity index (χ3n) is 3.55. The normalized spacial score (nSPS) is 10.6. The van der Waals surface area contributed by atoms with Crippen molar-refractivity contribution >= 4 is 57.4 Å². The highest BCUT2D eigenvalue weighted by molar-refractivity contribution is 14.1. The maximum Gasteiger partial charge on any atom is 0.363 e. The van der Waals surface area contributed by atoms with E-state index in [0.29, 0.717) is 27.5 Å². The summed E-state index contributed by atoms with van der Waals surface area (Å²) >= 11 is 7.92. The van der Waals surface area contributed by atoms with Crippen LogP contribution in [0.5, 0.6) is 0 Å². The molecule has 0 unspecified atom stereocenters. The van der Waals surface area contributed by atoms with Gasteiger partial charge in [0.05, 0.1) is 16.9 Å². The van der Waals surface area contributed by atoms with Crippen LogP contribution in [0.15, 0.2) is 83.0 Å². The standard InChI is InChI=1S/C20H13ClIN3O3/c21-14-5-3-4-13(12-14)19(26)24-23-15-8-10-16(11-9-15)25-28-20(27)17-6-1-2-7-18(17)22/h1-12,25H. The first-order chi connectivity index (χ1) is 13.5. The number of halogens is 2. The van der Waals surface area contributed by atoms with Crippen LogP contribution in [-0.4, -0.2) is 11.9 Å². The Kier molecular flexibility index (Phi) is 6.72. The van der Waals surface area contributed by atoms with E-state index in [2.05, 4.69) is 38.3 Å². The average molecular weight is 506 g/mol. The molecule has 28 heavy (non-hydrogen) atoms. The van der Waals surface area contributed by atoms with Gasteiger partial charge in [-0.2, -0.15) is 0 Å². The highest BCUT2D eigenvalue weighted by Crippen LogP contribution is 2.19. The summed E-state index contributed by atoms with van der Waals surface area (Å²) in [5.41, 5.74) is 4.45. The van der Waals surface area contributed by atoms with Gasteiger partial charge in [0.1, 0.15) is 0 Å². The molecule has 0 aromatic heterocycles. The molecule has 3 aromatic rings. The summed E-state index contributed by atoms with van der Waals surface area (Å²) in [6.07, 6.45) is 0. The maximum absolute atomic E-state index is 12.1. The minimum Gasteiger partial charge on any atom is -0.338 e. The number of rotatable bonds is 5. The summed E-state index contributed by atoms with van der Waals surface area (Å²) in [5, 5.41) is 8.04. The average Bonchev–Trinajstić information content (AvgIpc) is 2.71. The van der Waals surface area contributed by atoms with Crippen molar-refractivity contribution in [2.75, 3.05) is 5.48 Å². The largest absolute Gasteiger partial charge is 0.363 e. The summed E-state index contributed by atoms with van der Waals surface area (Å²) in [6, 6.07) is 20.2. The van der Waals surface area contributed by atoms with Gasteiger partial charge in [0.15, 0.2) is 0 Å². The van der Waals surface area contributed by atoms with Crippen molar-refractivity contribution in [2.24, 2.45) is 10.2 Å². The Bertz CT molecular complexity index is 1040. The van der Waals surface area contributed by atoms with Crippen LogP contribution in [0.1, 0.15) is 20.7 Å². The minimum atomic E-state index is -0.490. The van der Waals surface area contributed by atoms with Gasteiger partial charge in [0, 0.05) is 14.2 Å². The lowest BCUT2D eigenvalue weighted by Gasteiger charge is -2.07. The van der Waals surface area contributed by atoms with Crippen molar-refractivity contribution in [3.05, 3.63) is 92.5 Å². The summed E-state index contributed by atoms with van der Waals surface area (Å²) in [7, 11) is 0. The van der Waals surface area contributed by atoms with E-state index in [9.17, 15) is 9.59 Å². The van der Waals surface area contributed by atoms with Gasteiger partial charge >= 0.3 is 5.97 Å². The maximum atomic E-state index is 12.1. The van der Waals surface area contributed by atoms with Crippen LogP contribution in [0.3, 0.4) is 0 Å². The Morgan fingerprint density at radius 2 is 1.71 bits per heavy atom. The molecule has 0 saturated carbocycles. The van der Waals surface area contributed by atoms with Crippen molar-refractivity contribution in [2.45, 2.75) is 0 Å². The molecule has 0 aliphatic heterocycles. The molecular formula is C20H13ClIN3O3. The SMILES string of the molecule is O=C(N=Nc1ccc(NOC(=O)c2ccccc2I)cc1)c1cccc(Cl)c1. The molecule has 6 nitrogen and oxygen atoms in total. The second-order valence-electron chi connectivity index (χ2n) is 5.53. The number of nitrogens with one attached hydrogen (secondary N) is 1. The van der Waals surface area contributed by atoms with Gasteiger partial charge in [-0.25, -0.2) is 10.3 Å². The Morgan fingerprint density at radius 3 is 2.43 bits per heavy atom. The van der Waals surface area contributed by atoms with Gasteiger partial charge in [-0.1, -0.05) is 29.8 Å². The molecule has 0 spiro atoms. The second kappa shape index (κ2) is 9.43. The monoisotopic (exact) mass is 505 g/mol. The number of nitrogens with zero attached hydrogens (tertiary/aromatic N) is 2. The van der Waals surface area contributed by atoms with Crippen LogP contribution in [0.2, 0.25) is 5.02 Å². The first-order valence-electron chi connectivity index (χ1n) is 8.06. The lowest BCUT2D eigenvalue weighted by molar-refractivity contribution is 0.0595. The molecule has 0 radical (unpaired) electrons. The lowest BCUT2D eigenvalue weighted by Crippen LogP contribution is -2.11. The highest BCUT2D eigenvalue weighted by atomic mass is 127. The minimum absolute atomic E-state index is 0.358. The molecule has 0 aliphatic carbocycles. The quantitative estimate of drug-likeness (QED) is 0.260. The highest BCUT2D eigenvalue weighted by Gasteiger charge is 2.11. The molecule has 140 valence electrons. The molecule has 0 aliphatic rings. The Labute approximate surface area is 179 Å². The number of amides is 1. The molecule has 0 heterocycles. The van der Waals surface area contributed by atoms with Crippen LogP contribution < -0.4 is 5.48 Å². The van der Waals surface area contributed by atoms with E-state index in [0.717, 1.165) is 3.57 Å². The predicted octanol–water partition coefficient (Wildman–Crippen LogP) is 6.05. The molecule has 0 saturated heterocycles. The van der Waals surface area contributed by atoms with Crippen LogP contribution in [0.4, 0.5) is 11.4 Å². The zero-order valence-corrected chi connectivity index (χ0v) is 17.2. The molecule has 1 amide bonds. The van der Waals surface area contributed by atoms with Crippen molar-refractivity contribution < 1.29 is 14.4 Å². The van der Waals surface area contributed by atoms with Crippen LogP contribution in [0, 0.1) is 3.57 Å². The van der Waals surface area contributed by atoms with Crippen molar-refractivity contribution in [3.8, 4) is 0 Å². The number of hydrogen-bond donors (Lipinski definition) is 1. The van der Waals surface area contributed by atoms with E-state index in [1.54, 1.807) is 54.6 Å². The van der Waals surface area contributed by atoms with E-state index >= 15 is 0 Å². The van der Waals surface area contributed by atoms with Gasteiger partial charge in [0.25, 0.3) is 5.91 Å². The van der Waals surface area contributed by atoms with E-state index in [-0.39, 0.29) is 0 Å². The molecule has 0 bridgehead atoms. The fourth-order valence-electron chi connectivity index (χ4n) is 2.17. The predicted molar refractivity (Wildman–Crippen MR) is 115 cm³/mol. The van der Waals surface area contributed by atoms with Gasteiger partial charge in [-0.15, -0.1) is 10.2 Å². The van der Waals surface area contributed by atoms with Crippen LogP contribution in [-0.2, 0) is 4.84 Å². The van der Waals surface area contributed by atoms with E-state index in [1.165, 1.54) is 6.07 Å². The van der Waals surface area contributed by atoms with Gasteiger partial charge < -0.3 is 4.84 Å².